The van der Waals surface area contributed by atoms with Crippen LogP contribution in [0.1, 0.15) is 49.8 Å². The van der Waals surface area contributed by atoms with Gasteiger partial charge in [-0.25, -0.2) is 0 Å². The van der Waals surface area contributed by atoms with Crippen molar-refractivity contribution in [3.63, 3.8) is 0 Å². The van der Waals surface area contributed by atoms with E-state index in [0.29, 0.717) is 50.5 Å². The zero-order chi connectivity index (χ0) is 29.1. The molecule has 1 aromatic carbocycles. The molecule has 8 heteroatoms. The van der Waals surface area contributed by atoms with Crippen molar-refractivity contribution in [1.82, 2.24) is 9.88 Å². The van der Waals surface area contributed by atoms with Crippen LogP contribution in [-0.2, 0) is 20.9 Å². The second-order valence-corrected chi connectivity index (χ2v) is 11.1. The molecule has 0 spiro atoms. The Hall–Kier alpha value is -4.01. The zero-order valence-electron chi connectivity index (χ0n) is 23.8. The summed E-state index contributed by atoms with van der Waals surface area (Å²) in [5.41, 5.74) is 4.01. The van der Waals surface area contributed by atoms with E-state index < -0.39 is 0 Å². The van der Waals surface area contributed by atoms with Crippen LogP contribution in [0.5, 0.6) is 5.75 Å². The van der Waals surface area contributed by atoms with Crippen LogP contribution in [0.4, 0.5) is 0 Å². The number of aliphatic hydroxyl groups is 1. The SMILES string of the molecule is CCCN1C(=O)[C@@H]2[C@@H](CC(COc3ccccc3)=C3[C@@H](CC/C(=C/c4ccc(CO)o4)c4ccccn4)OC[C@@H]32)C1=O. The van der Waals surface area contributed by atoms with E-state index >= 15 is 0 Å². The minimum absolute atomic E-state index is 0.0618. The number of para-hydroxylation sites is 1. The van der Waals surface area contributed by atoms with Gasteiger partial charge in [-0.3, -0.25) is 19.5 Å². The lowest BCUT2D eigenvalue weighted by molar-refractivity contribution is -0.140. The Labute approximate surface area is 245 Å². The second kappa shape index (κ2) is 12.5. The summed E-state index contributed by atoms with van der Waals surface area (Å²) in [5.74, 6) is 0.909. The molecule has 3 aliphatic rings. The Balaban J connectivity index is 1.29. The van der Waals surface area contributed by atoms with Gasteiger partial charge in [0, 0.05) is 18.7 Å². The number of nitrogens with zero attached hydrogens (tertiary/aromatic N) is 2. The van der Waals surface area contributed by atoms with E-state index in [2.05, 4.69) is 4.98 Å². The lowest BCUT2D eigenvalue weighted by Gasteiger charge is -2.31. The predicted octanol–water partition coefficient (Wildman–Crippen LogP) is 5.29. The van der Waals surface area contributed by atoms with Crippen molar-refractivity contribution < 1.29 is 28.6 Å². The van der Waals surface area contributed by atoms with Crippen LogP contribution in [0.15, 0.2) is 82.4 Å². The number of pyridine rings is 1. The Morgan fingerprint density at radius 1 is 1.07 bits per heavy atom. The maximum Gasteiger partial charge on any atom is 0.233 e. The first kappa shape index (κ1) is 28.1. The van der Waals surface area contributed by atoms with Crippen molar-refractivity contribution in [3.05, 3.63) is 95.2 Å². The van der Waals surface area contributed by atoms with E-state index in [9.17, 15) is 14.7 Å². The Kier molecular flexibility index (Phi) is 8.35. The largest absolute Gasteiger partial charge is 0.489 e. The highest BCUT2D eigenvalue weighted by Gasteiger charge is 2.56. The van der Waals surface area contributed by atoms with Gasteiger partial charge in [0.25, 0.3) is 0 Å². The molecule has 4 heterocycles. The van der Waals surface area contributed by atoms with Crippen molar-refractivity contribution in [1.29, 1.82) is 0 Å². The zero-order valence-corrected chi connectivity index (χ0v) is 23.8. The number of ether oxygens (including phenoxy) is 2. The van der Waals surface area contributed by atoms with Gasteiger partial charge < -0.3 is 19.0 Å². The van der Waals surface area contributed by atoms with E-state index in [0.717, 1.165) is 34.6 Å². The van der Waals surface area contributed by atoms with Gasteiger partial charge in [-0.05, 0) is 84.9 Å². The average Bonchev–Trinajstić information content (AvgIpc) is 3.73. The normalized spacial score (nSPS) is 23.9. The lowest BCUT2D eigenvalue weighted by atomic mass is 9.69. The summed E-state index contributed by atoms with van der Waals surface area (Å²) in [6.07, 6.45) is 6.10. The van der Waals surface area contributed by atoms with Crippen molar-refractivity contribution in [3.8, 4) is 5.75 Å². The molecule has 0 saturated carbocycles. The Morgan fingerprint density at radius 3 is 2.64 bits per heavy atom. The van der Waals surface area contributed by atoms with Gasteiger partial charge in [-0.15, -0.1) is 0 Å². The summed E-state index contributed by atoms with van der Waals surface area (Å²) in [4.78, 5) is 32.9. The third-order valence-electron chi connectivity index (χ3n) is 8.53. The number of hydrogen-bond donors (Lipinski definition) is 1. The number of carbonyl (C=O) groups excluding carboxylic acids is 2. The molecule has 2 fully saturated rings. The third kappa shape index (κ3) is 5.56. The van der Waals surface area contributed by atoms with Gasteiger partial charge in [-0.2, -0.15) is 0 Å². The predicted molar refractivity (Wildman–Crippen MR) is 157 cm³/mol. The fourth-order valence-corrected chi connectivity index (χ4v) is 6.64. The number of fused-ring (bicyclic) bond motifs is 3. The first-order valence-electron chi connectivity index (χ1n) is 14.7. The summed E-state index contributed by atoms with van der Waals surface area (Å²) in [6, 6.07) is 19.1. The number of furan rings is 1. The molecule has 2 amide bonds. The molecule has 3 aromatic rings. The topological polar surface area (TPSA) is 102 Å². The molecule has 0 unspecified atom stereocenters. The average molecular weight is 569 g/mol. The molecule has 8 nitrogen and oxygen atoms in total. The number of benzene rings is 1. The maximum atomic E-state index is 13.5. The molecular formula is C34H36N2O6. The number of aliphatic hydroxyl groups excluding tert-OH is 1. The lowest BCUT2D eigenvalue weighted by Crippen LogP contribution is -2.35. The van der Waals surface area contributed by atoms with Gasteiger partial charge >= 0.3 is 0 Å². The van der Waals surface area contributed by atoms with E-state index in [1.54, 1.807) is 12.3 Å². The number of carbonyl (C=O) groups is 2. The van der Waals surface area contributed by atoms with E-state index in [4.69, 9.17) is 13.9 Å². The van der Waals surface area contributed by atoms with Crippen LogP contribution in [0.2, 0.25) is 0 Å². The highest BCUT2D eigenvalue weighted by atomic mass is 16.5. The highest BCUT2D eigenvalue weighted by molar-refractivity contribution is 6.06. The highest BCUT2D eigenvalue weighted by Crippen LogP contribution is 2.50. The molecule has 4 atom stereocenters. The number of likely N-dealkylation sites (tertiary alicyclic amines) is 1. The first-order chi connectivity index (χ1) is 20.6. The van der Waals surface area contributed by atoms with Crippen LogP contribution in [0, 0.1) is 17.8 Å². The van der Waals surface area contributed by atoms with E-state index in [1.807, 2.05) is 67.6 Å². The van der Waals surface area contributed by atoms with Crippen molar-refractivity contribution in [2.24, 2.45) is 17.8 Å². The van der Waals surface area contributed by atoms with Gasteiger partial charge in [0.2, 0.25) is 11.8 Å². The van der Waals surface area contributed by atoms with E-state index in [1.165, 1.54) is 4.90 Å². The van der Waals surface area contributed by atoms with Crippen molar-refractivity contribution in [2.75, 3.05) is 19.8 Å². The third-order valence-corrected chi connectivity index (χ3v) is 8.53. The van der Waals surface area contributed by atoms with Gasteiger partial charge in [0.1, 0.15) is 30.5 Å². The number of hydrogen-bond acceptors (Lipinski definition) is 7. The monoisotopic (exact) mass is 568 g/mol. The van der Waals surface area contributed by atoms with Crippen molar-refractivity contribution in [2.45, 2.75) is 45.3 Å². The minimum Gasteiger partial charge on any atom is -0.489 e. The molecule has 2 aromatic heterocycles. The fourth-order valence-electron chi connectivity index (χ4n) is 6.64. The maximum absolute atomic E-state index is 13.5. The number of allylic oxidation sites excluding steroid dienone is 1. The van der Waals surface area contributed by atoms with Crippen LogP contribution in [0.3, 0.4) is 0 Å². The summed E-state index contributed by atoms with van der Waals surface area (Å²) in [6.45, 7) is 3.05. The molecule has 0 radical (unpaired) electrons. The summed E-state index contributed by atoms with van der Waals surface area (Å²) >= 11 is 0. The molecule has 6 rings (SSSR count). The Morgan fingerprint density at radius 2 is 1.90 bits per heavy atom. The van der Waals surface area contributed by atoms with Crippen LogP contribution >= 0.6 is 0 Å². The quantitative estimate of drug-likeness (QED) is 0.248. The van der Waals surface area contributed by atoms with Crippen molar-refractivity contribution >= 4 is 23.5 Å². The summed E-state index contributed by atoms with van der Waals surface area (Å²) in [5, 5.41) is 9.44. The molecule has 2 saturated heterocycles. The molecule has 1 aliphatic carbocycles. The van der Waals surface area contributed by atoms with Gasteiger partial charge in [0.05, 0.1) is 30.2 Å². The van der Waals surface area contributed by atoms with Gasteiger partial charge in [0.15, 0.2) is 0 Å². The van der Waals surface area contributed by atoms with Gasteiger partial charge in [-0.1, -0.05) is 31.2 Å². The fraction of sp³-hybridized carbons (Fsp3) is 0.382. The number of aromatic nitrogens is 1. The minimum atomic E-state index is -0.379. The molecule has 0 bridgehead atoms. The second-order valence-electron chi connectivity index (χ2n) is 11.1. The molecule has 2 aliphatic heterocycles. The molecule has 1 N–H and O–H groups in total. The first-order valence-corrected chi connectivity index (χ1v) is 14.7. The standard InChI is InChI=1S/C34H36N2O6/c1-2-16-36-33(38)27-18-23(20-40-24-8-4-3-5-9-24)31-28(32(27)34(36)39)21-41-30(31)14-11-22(29-10-6-7-15-35-29)17-25-12-13-26(19-37)42-25/h3-10,12-13,15,17,27-28,30,32,37H,2,11,14,16,18-21H2,1H3/b22-17-/t27-,28+,30-,32-/m1/s1. The summed E-state index contributed by atoms with van der Waals surface area (Å²) < 4.78 is 18.4. The van der Waals surface area contributed by atoms with Crippen LogP contribution in [-0.4, -0.2) is 52.7 Å². The number of imide groups is 1. The molecule has 218 valence electrons. The number of rotatable bonds is 11. The summed E-state index contributed by atoms with van der Waals surface area (Å²) in [7, 11) is 0. The smallest absolute Gasteiger partial charge is 0.233 e. The Bertz CT molecular complexity index is 1480. The van der Waals surface area contributed by atoms with Crippen LogP contribution < -0.4 is 4.74 Å². The number of amides is 2. The molecule has 42 heavy (non-hydrogen) atoms. The molecular weight excluding hydrogens is 532 g/mol. The van der Waals surface area contributed by atoms with E-state index in [-0.39, 0.29) is 42.3 Å². The van der Waals surface area contributed by atoms with Crippen LogP contribution in [0.25, 0.3) is 11.6 Å².